The molecule has 4 aromatic rings. The molecule has 0 atom stereocenters. The van der Waals surface area contributed by atoms with Gasteiger partial charge in [-0.15, -0.1) is 10.2 Å². The van der Waals surface area contributed by atoms with Gasteiger partial charge in [-0.05, 0) is 55.0 Å². The quantitative estimate of drug-likeness (QED) is 0.332. The monoisotopic (exact) mass is 518 g/mol. The van der Waals surface area contributed by atoms with Crippen molar-refractivity contribution in [2.24, 2.45) is 0 Å². The molecule has 0 saturated carbocycles. The highest BCUT2D eigenvalue weighted by atomic mass is 35.5. The maximum Gasteiger partial charge on any atom is 0.263 e. The minimum absolute atomic E-state index is 0.00681. The van der Waals surface area contributed by atoms with Gasteiger partial charge < -0.3 is 0 Å². The molecule has 3 aromatic carbocycles. The maximum atomic E-state index is 12.9. The molecule has 0 bridgehead atoms. The summed E-state index contributed by atoms with van der Waals surface area (Å²) in [7, 11) is -4.02. The SMILES string of the molecule is Cc1cccc(NS(=O)(=O)c2cc(C(=O)Nc3nnc(-c4ccc(Cl)cc4)s3)ccc2Cl)c1. The fourth-order valence-corrected chi connectivity index (χ4v) is 5.37. The first kappa shape index (κ1) is 23.2. The molecule has 33 heavy (non-hydrogen) atoms. The Morgan fingerprint density at radius 1 is 0.970 bits per heavy atom. The Morgan fingerprint density at radius 3 is 2.45 bits per heavy atom. The first-order valence-corrected chi connectivity index (χ1v) is 12.6. The number of anilines is 2. The second-order valence-corrected chi connectivity index (χ2v) is 10.5. The fourth-order valence-electron chi connectivity index (χ4n) is 2.92. The minimum Gasteiger partial charge on any atom is -0.296 e. The summed E-state index contributed by atoms with van der Waals surface area (Å²) in [6.45, 7) is 1.85. The molecule has 0 spiro atoms. The van der Waals surface area contributed by atoms with Gasteiger partial charge in [-0.1, -0.05) is 58.8 Å². The third-order valence-electron chi connectivity index (χ3n) is 4.49. The second-order valence-electron chi connectivity index (χ2n) is 6.99. The van der Waals surface area contributed by atoms with Crippen molar-refractivity contribution in [2.45, 2.75) is 11.8 Å². The van der Waals surface area contributed by atoms with Crippen molar-refractivity contribution >= 4 is 61.3 Å². The standard InChI is InChI=1S/C22H16Cl2N4O3S2/c1-13-3-2-4-17(11-13)28-33(30,31)19-12-15(7-10-18(19)24)20(29)25-22-27-26-21(32-22)14-5-8-16(23)9-6-14/h2-12,28H,1H3,(H,25,27,29). The number of aromatic nitrogens is 2. The summed E-state index contributed by atoms with van der Waals surface area (Å²) in [5, 5.41) is 12.1. The molecule has 4 rings (SSSR count). The number of benzene rings is 3. The van der Waals surface area contributed by atoms with E-state index in [2.05, 4.69) is 20.2 Å². The van der Waals surface area contributed by atoms with Gasteiger partial charge in [-0.2, -0.15) is 0 Å². The largest absolute Gasteiger partial charge is 0.296 e. The predicted molar refractivity (Wildman–Crippen MR) is 132 cm³/mol. The molecule has 0 aliphatic carbocycles. The maximum absolute atomic E-state index is 12.9. The van der Waals surface area contributed by atoms with E-state index in [0.717, 1.165) is 11.1 Å². The average molecular weight is 519 g/mol. The van der Waals surface area contributed by atoms with Crippen LogP contribution in [-0.2, 0) is 10.0 Å². The molecular weight excluding hydrogens is 503 g/mol. The van der Waals surface area contributed by atoms with E-state index in [-0.39, 0.29) is 20.6 Å². The van der Waals surface area contributed by atoms with E-state index in [1.54, 1.807) is 42.5 Å². The van der Waals surface area contributed by atoms with Crippen molar-refractivity contribution in [1.82, 2.24) is 10.2 Å². The molecule has 1 amide bonds. The van der Waals surface area contributed by atoms with E-state index in [4.69, 9.17) is 23.2 Å². The van der Waals surface area contributed by atoms with Crippen LogP contribution in [0.25, 0.3) is 10.6 Å². The molecule has 0 aliphatic rings. The predicted octanol–water partition coefficient (Wildman–Crippen LogP) is 5.87. The number of sulfonamides is 1. The summed E-state index contributed by atoms with van der Waals surface area (Å²) >= 11 is 13.2. The van der Waals surface area contributed by atoms with Crippen LogP contribution in [0.15, 0.2) is 71.6 Å². The molecule has 0 unspecified atom stereocenters. The van der Waals surface area contributed by atoms with Gasteiger partial charge in [0.1, 0.15) is 9.90 Å². The van der Waals surface area contributed by atoms with Crippen molar-refractivity contribution in [3.63, 3.8) is 0 Å². The molecule has 1 heterocycles. The van der Waals surface area contributed by atoms with Gasteiger partial charge >= 0.3 is 0 Å². The number of nitrogens with one attached hydrogen (secondary N) is 2. The Balaban J connectivity index is 1.55. The number of halogens is 2. The fraction of sp³-hybridized carbons (Fsp3) is 0.0455. The summed E-state index contributed by atoms with van der Waals surface area (Å²) < 4.78 is 28.3. The van der Waals surface area contributed by atoms with E-state index >= 15 is 0 Å². The normalized spacial score (nSPS) is 11.2. The van der Waals surface area contributed by atoms with Crippen LogP contribution in [0.4, 0.5) is 10.8 Å². The van der Waals surface area contributed by atoms with Crippen LogP contribution in [0, 0.1) is 6.92 Å². The molecule has 1 aromatic heterocycles. The van der Waals surface area contributed by atoms with Gasteiger partial charge in [0.2, 0.25) is 5.13 Å². The van der Waals surface area contributed by atoms with Crippen molar-refractivity contribution in [2.75, 3.05) is 10.0 Å². The van der Waals surface area contributed by atoms with Gasteiger partial charge in [-0.25, -0.2) is 8.42 Å². The van der Waals surface area contributed by atoms with Crippen LogP contribution in [0.2, 0.25) is 10.0 Å². The summed E-state index contributed by atoms with van der Waals surface area (Å²) in [6.07, 6.45) is 0. The minimum atomic E-state index is -4.02. The number of carbonyl (C=O) groups excluding carboxylic acids is 1. The number of aryl methyl sites for hydroxylation is 1. The molecule has 0 radical (unpaired) electrons. The Hall–Kier alpha value is -2.98. The number of hydrogen-bond donors (Lipinski definition) is 2. The lowest BCUT2D eigenvalue weighted by Gasteiger charge is -2.11. The highest BCUT2D eigenvalue weighted by Gasteiger charge is 2.21. The summed E-state index contributed by atoms with van der Waals surface area (Å²) in [6, 6.07) is 18.0. The van der Waals surface area contributed by atoms with E-state index in [1.807, 2.05) is 13.0 Å². The molecule has 168 valence electrons. The first-order chi connectivity index (χ1) is 15.7. The number of hydrogen-bond acceptors (Lipinski definition) is 6. The second kappa shape index (κ2) is 9.48. The van der Waals surface area contributed by atoms with Crippen LogP contribution in [0.5, 0.6) is 0 Å². The average Bonchev–Trinajstić information content (AvgIpc) is 3.22. The zero-order valence-electron chi connectivity index (χ0n) is 17.0. The lowest BCUT2D eigenvalue weighted by molar-refractivity contribution is 0.102. The molecular formula is C22H16Cl2N4O3S2. The van der Waals surface area contributed by atoms with E-state index in [9.17, 15) is 13.2 Å². The van der Waals surface area contributed by atoms with Gasteiger partial charge in [0.05, 0.1) is 5.02 Å². The van der Waals surface area contributed by atoms with E-state index < -0.39 is 15.9 Å². The van der Waals surface area contributed by atoms with Crippen LogP contribution < -0.4 is 10.0 Å². The highest BCUT2D eigenvalue weighted by Crippen LogP contribution is 2.29. The van der Waals surface area contributed by atoms with Gasteiger partial charge in [0, 0.05) is 21.8 Å². The third kappa shape index (κ3) is 5.51. The summed E-state index contributed by atoms with van der Waals surface area (Å²) in [5.74, 6) is -0.544. The topological polar surface area (TPSA) is 101 Å². The van der Waals surface area contributed by atoms with Crippen molar-refractivity contribution in [1.29, 1.82) is 0 Å². The summed E-state index contributed by atoms with van der Waals surface area (Å²) in [5.41, 5.74) is 2.20. The summed E-state index contributed by atoms with van der Waals surface area (Å²) in [4.78, 5) is 12.5. The van der Waals surface area contributed by atoms with Gasteiger partial charge in [-0.3, -0.25) is 14.8 Å². The van der Waals surface area contributed by atoms with E-state index in [0.29, 0.717) is 15.7 Å². The Kier molecular flexibility index (Phi) is 6.66. The van der Waals surface area contributed by atoms with Crippen LogP contribution >= 0.6 is 34.5 Å². The Bertz CT molecular complexity index is 1440. The lowest BCUT2D eigenvalue weighted by atomic mass is 10.2. The lowest BCUT2D eigenvalue weighted by Crippen LogP contribution is -2.16. The highest BCUT2D eigenvalue weighted by molar-refractivity contribution is 7.92. The van der Waals surface area contributed by atoms with Crippen molar-refractivity contribution in [3.05, 3.63) is 87.9 Å². The molecule has 0 aliphatic heterocycles. The van der Waals surface area contributed by atoms with E-state index in [1.165, 1.54) is 29.5 Å². The Labute approximate surface area is 204 Å². The van der Waals surface area contributed by atoms with Gasteiger partial charge in [0.15, 0.2) is 0 Å². The molecule has 0 fully saturated rings. The van der Waals surface area contributed by atoms with Crippen molar-refractivity contribution in [3.8, 4) is 10.6 Å². The zero-order chi connectivity index (χ0) is 23.6. The van der Waals surface area contributed by atoms with Gasteiger partial charge in [0.25, 0.3) is 15.9 Å². The molecule has 11 heteroatoms. The number of carbonyl (C=O) groups is 1. The smallest absolute Gasteiger partial charge is 0.263 e. The van der Waals surface area contributed by atoms with Crippen LogP contribution in [0.3, 0.4) is 0 Å². The number of amides is 1. The number of rotatable bonds is 6. The molecule has 2 N–H and O–H groups in total. The van der Waals surface area contributed by atoms with Crippen molar-refractivity contribution < 1.29 is 13.2 Å². The molecule has 7 nitrogen and oxygen atoms in total. The zero-order valence-corrected chi connectivity index (χ0v) is 20.2. The first-order valence-electron chi connectivity index (χ1n) is 9.51. The number of nitrogens with zero attached hydrogens (tertiary/aromatic N) is 2. The van der Waals surface area contributed by atoms with Crippen LogP contribution in [-0.4, -0.2) is 24.5 Å². The molecule has 0 saturated heterocycles. The van der Waals surface area contributed by atoms with Crippen LogP contribution in [0.1, 0.15) is 15.9 Å². The Morgan fingerprint density at radius 2 is 1.73 bits per heavy atom. The third-order valence-corrected chi connectivity index (χ3v) is 7.49.